The summed E-state index contributed by atoms with van der Waals surface area (Å²) in [6, 6.07) is 19.9. The quantitative estimate of drug-likeness (QED) is 0.281. The maximum Gasteiger partial charge on any atom is 0.492 e. The van der Waals surface area contributed by atoms with E-state index in [4.69, 9.17) is 14.0 Å². The Balaban J connectivity index is 1.36. The smallest absolute Gasteiger partial charge is 0.449 e. The lowest BCUT2D eigenvalue weighted by molar-refractivity contribution is -0.137. The molecule has 3 aromatic rings. The lowest BCUT2D eigenvalue weighted by atomic mass is 9.76. The molecule has 214 valence electrons. The second kappa shape index (κ2) is 11.0. The molecule has 5 rings (SSSR count). The number of rotatable bonds is 6. The van der Waals surface area contributed by atoms with Crippen LogP contribution in [0.4, 0.5) is 18.0 Å². The van der Waals surface area contributed by atoms with Crippen LogP contribution in [0.2, 0.25) is 0 Å². The number of nitrogens with one attached hydrogen (secondary N) is 1. The fraction of sp³-hybridized carbons (Fsp3) is 0.323. The van der Waals surface area contributed by atoms with Gasteiger partial charge in [0.2, 0.25) is 0 Å². The molecule has 1 aliphatic heterocycles. The molecular formula is C31H30BBrF3NO4. The molecule has 1 aliphatic carbocycles. The van der Waals surface area contributed by atoms with E-state index in [-0.39, 0.29) is 24.6 Å². The van der Waals surface area contributed by atoms with Crippen molar-refractivity contribution in [3.63, 3.8) is 0 Å². The van der Waals surface area contributed by atoms with Gasteiger partial charge in [0.15, 0.2) is 0 Å². The van der Waals surface area contributed by atoms with Crippen molar-refractivity contribution in [1.82, 2.24) is 5.32 Å². The third-order valence-electron chi connectivity index (χ3n) is 8.00. The van der Waals surface area contributed by atoms with Gasteiger partial charge in [-0.25, -0.2) is 4.79 Å². The van der Waals surface area contributed by atoms with Gasteiger partial charge in [-0.2, -0.15) is 13.2 Å². The van der Waals surface area contributed by atoms with E-state index in [0.717, 1.165) is 28.3 Å². The summed E-state index contributed by atoms with van der Waals surface area (Å²) in [7, 11) is -0.974. The minimum Gasteiger partial charge on any atom is -0.449 e. The summed E-state index contributed by atoms with van der Waals surface area (Å²) in [5.74, 6) is -0.122. The molecule has 5 nitrogen and oxygen atoms in total. The number of hydrogen-bond donors (Lipinski definition) is 1. The van der Waals surface area contributed by atoms with Gasteiger partial charge in [0.1, 0.15) is 6.61 Å². The molecule has 1 amide bonds. The number of benzene rings is 3. The lowest BCUT2D eigenvalue weighted by Crippen LogP contribution is -2.41. The third kappa shape index (κ3) is 5.96. The summed E-state index contributed by atoms with van der Waals surface area (Å²) in [4.78, 5) is 12.9. The largest absolute Gasteiger partial charge is 0.492 e. The Hall–Kier alpha value is -3.08. The van der Waals surface area contributed by atoms with Crippen LogP contribution in [0, 0.1) is 0 Å². The number of alkyl halides is 3. The van der Waals surface area contributed by atoms with Crippen LogP contribution in [-0.4, -0.2) is 37.6 Å². The summed E-state index contributed by atoms with van der Waals surface area (Å²) in [6.07, 6.45) is -3.92. The molecule has 3 aromatic carbocycles. The lowest BCUT2D eigenvalue weighted by Gasteiger charge is -2.32. The zero-order chi connectivity index (χ0) is 29.6. The van der Waals surface area contributed by atoms with Crippen molar-refractivity contribution in [3.05, 3.63) is 98.9 Å². The number of fused-ring (bicyclic) bond motifs is 3. The Morgan fingerprint density at radius 3 is 2.10 bits per heavy atom. The average Bonchev–Trinajstić information content (AvgIpc) is 3.34. The van der Waals surface area contributed by atoms with Gasteiger partial charge in [0, 0.05) is 16.9 Å². The van der Waals surface area contributed by atoms with Gasteiger partial charge in [-0.15, -0.1) is 0 Å². The van der Waals surface area contributed by atoms with E-state index in [2.05, 4.69) is 21.2 Å². The minimum atomic E-state index is -4.59. The van der Waals surface area contributed by atoms with Gasteiger partial charge in [-0.1, -0.05) is 76.6 Å². The Kier molecular flexibility index (Phi) is 7.87. The molecule has 41 heavy (non-hydrogen) atoms. The van der Waals surface area contributed by atoms with Crippen LogP contribution in [-0.2, 0) is 20.2 Å². The summed E-state index contributed by atoms with van der Waals surface area (Å²) in [6.45, 7) is 7.38. The highest BCUT2D eigenvalue weighted by Crippen LogP contribution is 2.44. The van der Waals surface area contributed by atoms with Crippen LogP contribution in [0.3, 0.4) is 0 Å². The number of hydrogen-bond acceptors (Lipinski definition) is 4. The molecule has 1 N–H and O–H groups in total. The number of ether oxygens (including phenoxy) is 1. The average molecular weight is 628 g/mol. The van der Waals surface area contributed by atoms with E-state index in [1.807, 2.05) is 76.2 Å². The van der Waals surface area contributed by atoms with Crippen molar-refractivity contribution in [2.45, 2.75) is 51.0 Å². The monoisotopic (exact) mass is 627 g/mol. The predicted molar refractivity (Wildman–Crippen MR) is 156 cm³/mol. The highest BCUT2D eigenvalue weighted by Gasteiger charge is 2.52. The van der Waals surface area contributed by atoms with Gasteiger partial charge < -0.3 is 19.4 Å². The van der Waals surface area contributed by atoms with Gasteiger partial charge in [0.05, 0.1) is 16.8 Å². The van der Waals surface area contributed by atoms with Gasteiger partial charge in [-0.05, 0) is 73.1 Å². The SMILES string of the molecule is CC1(C)OB(C(=Cc2ccc(Br)cc2C(F)(F)F)CNC(=O)OCC2c3ccccc3-c3ccccc32)OC1(C)C. The van der Waals surface area contributed by atoms with Gasteiger partial charge in [0.25, 0.3) is 0 Å². The first-order chi connectivity index (χ1) is 19.3. The summed E-state index contributed by atoms with van der Waals surface area (Å²) in [5.41, 5.74) is 2.35. The molecule has 0 spiro atoms. The standard InChI is InChI=1S/C31H30BBrF3NO4/c1-29(2)30(3,4)41-32(40-29)20(15-19-13-14-21(33)16-27(19)31(34,35)36)17-37-28(38)39-18-26-24-11-7-5-9-22(24)23-10-6-8-12-25(23)26/h5-16,26H,17-18H2,1-4H3,(H,37,38). The molecule has 0 unspecified atom stereocenters. The number of carbonyl (C=O) groups excluding carboxylic acids is 1. The van der Waals surface area contributed by atoms with Crippen LogP contribution in [0.5, 0.6) is 0 Å². The molecule has 10 heteroatoms. The van der Waals surface area contributed by atoms with Crippen molar-refractivity contribution in [1.29, 1.82) is 0 Å². The molecule has 0 saturated carbocycles. The maximum atomic E-state index is 13.9. The third-order valence-corrected chi connectivity index (χ3v) is 8.49. The predicted octanol–water partition coefficient (Wildman–Crippen LogP) is 8.02. The van der Waals surface area contributed by atoms with Crippen LogP contribution in [0.15, 0.2) is 76.7 Å². The topological polar surface area (TPSA) is 56.8 Å². The van der Waals surface area contributed by atoms with Crippen LogP contribution in [0.1, 0.15) is 55.9 Å². The normalized spacial score (nSPS) is 17.8. The molecule has 0 radical (unpaired) electrons. The molecule has 1 fully saturated rings. The molecule has 2 aliphatic rings. The first-order valence-corrected chi connectivity index (χ1v) is 14.1. The summed E-state index contributed by atoms with van der Waals surface area (Å²) < 4.78 is 59.8. The highest BCUT2D eigenvalue weighted by molar-refractivity contribution is 9.10. The van der Waals surface area contributed by atoms with Crippen molar-refractivity contribution >= 4 is 35.2 Å². The molecule has 1 heterocycles. The fourth-order valence-corrected chi connectivity index (χ4v) is 5.48. The van der Waals surface area contributed by atoms with Crippen molar-refractivity contribution in [2.75, 3.05) is 13.2 Å². The Morgan fingerprint density at radius 1 is 0.976 bits per heavy atom. The van der Waals surface area contributed by atoms with E-state index < -0.39 is 36.2 Å². The first kappa shape index (κ1) is 29.4. The minimum absolute atomic E-state index is 0.0697. The number of carbonyl (C=O) groups is 1. The van der Waals surface area contributed by atoms with Crippen molar-refractivity contribution < 1.29 is 32.0 Å². The number of alkyl carbamates (subject to hydrolysis) is 1. The van der Waals surface area contributed by atoms with E-state index in [1.54, 1.807) is 0 Å². The molecular weight excluding hydrogens is 598 g/mol. The second-order valence-electron chi connectivity index (χ2n) is 11.2. The van der Waals surface area contributed by atoms with E-state index >= 15 is 0 Å². The van der Waals surface area contributed by atoms with Crippen molar-refractivity contribution in [3.8, 4) is 11.1 Å². The zero-order valence-electron chi connectivity index (χ0n) is 23.1. The van der Waals surface area contributed by atoms with Crippen LogP contribution < -0.4 is 5.32 Å². The summed E-state index contributed by atoms with van der Waals surface area (Å²) in [5, 5.41) is 2.70. The summed E-state index contributed by atoms with van der Waals surface area (Å²) >= 11 is 3.12. The molecule has 0 atom stereocenters. The molecule has 0 bridgehead atoms. The number of amides is 1. The Labute approximate surface area is 246 Å². The highest BCUT2D eigenvalue weighted by atomic mass is 79.9. The van der Waals surface area contributed by atoms with Crippen molar-refractivity contribution in [2.24, 2.45) is 0 Å². The van der Waals surface area contributed by atoms with Crippen LogP contribution in [0.25, 0.3) is 17.2 Å². The van der Waals surface area contributed by atoms with E-state index in [0.29, 0.717) is 9.95 Å². The Bertz CT molecular complexity index is 1440. The van der Waals surface area contributed by atoms with Crippen LogP contribution >= 0.6 is 15.9 Å². The molecule has 1 saturated heterocycles. The maximum absolute atomic E-state index is 13.9. The Morgan fingerprint density at radius 2 is 1.54 bits per heavy atom. The zero-order valence-corrected chi connectivity index (χ0v) is 24.7. The van der Waals surface area contributed by atoms with Gasteiger partial charge >= 0.3 is 19.4 Å². The van der Waals surface area contributed by atoms with Gasteiger partial charge in [-0.3, -0.25) is 0 Å². The first-order valence-electron chi connectivity index (χ1n) is 13.3. The number of halogens is 4. The fourth-order valence-electron chi connectivity index (χ4n) is 5.12. The molecule has 0 aromatic heterocycles. The van der Waals surface area contributed by atoms with E-state index in [9.17, 15) is 18.0 Å². The van der Waals surface area contributed by atoms with E-state index in [1.165, 1.54) is 18.2 Å². The second-order valence-corrected chi connectivity index (χ2v) is 12.1.